The van der Waals surface area contributed by atoms with E-state index < -0.39 is 35.5 Å². The summed E-state index contributed by atoms with van der Waals surface area (Å²) in [6.45, 7) is 12.9. The van der Waals surface area contributed by atoms with Crippen molar-refractivity contribution in [1.29, 1.82) is 0 Å². The summed E-state index contributed by atoms with van der Waals surface area (Å²) in [4.78, 5) is 51.7. The van der Waals surface area contributed by atoms with Crippen LogP contribution in [0.15, 0.2) is 18.2 Å². The minimum atomic E-state index is -0.921. The number of hydrogen-bond donors (Lipinski definition) is 2. The molecule has 0 aromatic heterocycles. The van der Waals surface area contributed by atoms with Gasteiger partial charge in [0.25, 0.3) is 0 Å². The van der Waals surface area contributed by atoms with Crippen molar-refractivity contribution in [3.8, 4) is 0 Å². The highest BCUT2D eigenvalue weighted by Crippen LogP contribution is 2.26. The summed E-state index contributed by atoms with van der Waals surface area (Å²) in [6, 6.07) is 4.79. The number of alkyl carbamates (subject to hydrolysis) is 1. The van der Waals surface area contributed by atoms with Crippen molar-refractivity contribution < 1.29 is 28.7 Å². The fraction of sp³-hybridized carbons (Fsp3) is 0.600. The van der Waals surface area contributed by atoms with Gasteiger partial charge in [-0.1, -0.05) is 30.7 Å². The maximum Gasteiger partial charge on any atom is 0.408 e. The lowest BCUT2D eigenvalue weighted by Gasteiger charge is -2.32. The molecule has 9 heteroatoms. The molecule has 0 saturated carbocycles. The van der Waals surface area contributed by atoms with Crippen LogP contribution in [0.5, 0.6) is 0 Å². The number of amides is 3. The number of esters is 1. The molecule has 3 amide bonds. The average molecular weight is 478 g/mol. The molecule has 0 spiro atoms. The molecular formula is C25H39N3O6. The van der Waals surface area contributed by atoms with Gasteiger partial charge in [0, 0.05) is 13.1 Å². The number of nitrogens with one attached hydrogen (secondary N) is 2. The number of rotatable bonds is 11. The minimum Gasteiger partial charge on any atom is -0.466 e. The molecule has 9 nitrogen and oxygen atoms in total. The Hall–Kier alpha value is -3.10. The molecule has 0 saturated heterocycles. The van der Waals surface area contributed by atoms with Crippen molar-refractivity contribution in [2.24, 2.45) is 0 Å². The van der Waals surface area contributed by atoms with E-state index in [2.05, 4.69) is 10.6 Å². The van der Waals surface area contributed by atoms with Gasteiger partial charge in [-0.3, -0.25) is 14.4 Å². The van der Waals surface area contributed by atoms with E-state index in [0.717, 1.165) is 11.1 Å². The zero-order chi connectivity index (χ0) is 25.9. The first-order valence-electron chi connectivity index (χ1n) is 11.7. The second kappa shape index (κ2) is 13.6. The van der Waals surface area contributed by atoms with E-state index in [0.29, 0.717) is 18.5 Å². The Morgan fingerprint density at radius 3 is 2.32 bits per heavy atom. The molecule has 1 aromatic rings. The van der Waals surface area contributed by atoms with Crippen molar-refractivity contribution in [3.63, 3.8) is 0 Å². The van der Waals surface area contributed by atoms with E-state index >= 15 is 0 Å². The van der Waals surface area contributed by atoms with Gasteiger partial charge in [-0.2, -0.15) is 0 Å². The Labute approximate surface area is 202 Å². The van der Waals surface area contributed by atoms with Crippen LogP contribution in [0.4, 0.5) is 4.79 Å². The van der Waals surface area contributed by atoms with Crippen molar-refractivity contribution in [2.75, 3.05) is 26.2 Å². The van der Waals surface area contributed by atoms with Crippen LogP contribution < -0.4 is 10.6 Å². The molecule has 34 heavy (non-hydrogen) atoms. The smallest absolute Gasteiger partial charge is 0.408 e. The first kappa shape index (κ1) is 28.9. The van der Waals surface area contributed by atoms with Gasteiger partial charge in [0.05, 0.1) is 13.0 Å². The summed E-state index contributed by atoms with van der Waals surface area (Å²) < 4.78 is 10.1. The van der Waals surface area contributed by atoms with Gasteiger partial charge in [-0.15, -0.1) is 0 Å². The Morgan fingerprint density at radius 2 is 1.74 bits per heavy atom. The van der Waals surface area contributed by atoms with E-state index in [1.54, 1.807) is 27.7 Å². The number of ether oxygens (including phenoxy) is 2. The first-order chi connectivity index (χ1) is 15.9. The quantitative estimate of drug-likeness (QED) is 0.473. The van der Waals surface area contributed by atoms with Crippen molar-refractivity contribution >= 4 is 23.9 Å². The number of carbonyl (C=O) groups excluding carboxylic acids is 4. The fourth-order valence-corrected chi connectivity index (χ4v) is 3.32. The molecule has 1 atom stereocenters. The molecular weight excluding hydrogens is 438 g/mol. The second-order valence-electron chi connectivity index (χ2n) is 9.05. The topological polar surface area (TPSA) is 114 Å². The number of carbonyl (C=O) groups is 4. The third-order valence-corrected chi connectivity index (χ3v) is 4.79. The van der Waals surface area contributed by atoms with E-state index in [-0.39, 0.29) is 26.1 Å². The molecule has 0 aliphatic rings. The molecule has 2 N–H and O–H groups in total. The van der Waals surface area contributed by atoms with Gasteiger partial charge in [-0.05, 0) is 59.1 Å². The summed E-state index contributed by atoms with van der Waals surface area (Å²) in [6.07, 6.45) is -0.0732. The monoisotopic (exact) mass is 477 g/mol. The van der Waals surface area contributed by atoms with E-state index in [9.17, 15) is 19.2 Å². The number of hydrogen-bond acceptors (Lipinski definition) is 6. The molecule has 0 bridgehead atoms. The van der Waals surface area contributed by atoms with Crippen LogP contribution in [0.2, 0.25) is 0 Å². The van der Waals surface area contributed by atoms with E-state index in [1.165, 1.54) is 4.90 Å². The molecule has 190 valence electrons. The molecule has 0 heterocycles. The standard InChI is InChI=1S/C25H39N3O6/c1-8-14-28(20(29)16-27-24(32)34-25(5,6)7)22(19-15-17(3)10-11-18(19)4)23(31)26-13-12-21(30)33-9-2/h10-11,15,22H,8-9,12-14,16H2,1-7H3,(H,26,31)(H,27,32). The Morgan fingerprint density at radius 1 is 1.06 bits per heavy atom. The largest absolute Gasteiger partial charge is 0.466 e. The average Bonchev–Trinajstić information content (AvgIpc) is 2.73. The van der Waals surface area contributed by atoms with Crippen LogP contribution in [0.3, 0.4) is 0 Å². The number of nitrogens with zero attached hydrogens (tertiary/aromatic N) is 1. The van der Waals surface area contributed by atoms with Crippen LogP contribution >= 0.6 is 0 Å². The van der Waals surface area contributed by atoms with Gasteiger partial charge in [0.2, 0.25) is 11.8 Å². The fourth-order valence-electron chi connectivity index (χ4n) is 3.32. The highest BCUT2D eigenvalue weighted by atomic mass is 16.6. The highest BCUT2D eigenvalue weighted by Gasteiger charge is 2.32. The maximum absolute atomic E-state index is 13.3. The Kier molecular flexibility index (Phi) is 11.5. The molecule has 0 radical (unpaired) electrons. The lowest BCUT2D eigenvalue weighted by molar-refractivity contribution is -0.143. The van der Waals surface area contributed by atoms with Gasteiger partial charge >= 0.3 is 12.1 Å². The van der Waals surface area contributed by atoms with Crippen molar-refractivity contribution in [3.05, 3.63) is 34.9 Å². The molecule has 1 unspecified atom stereocenters. The van der Waals surface area contributed by atoms with Crippen LogP contribution in [0, 0.1) is 13.8 Å². The third kappa shape index (κ3) is 9.80. The molecule has 1 rings (SSSR count). The summed E-state index contributed by atoms with van der Waals surface area (Å²) >= 11 is 0. The predicted octanol–water partition coefficient (Wildman–Crippen LogP) is 3.18. The van der Waals surface area contributed by atoms with Crippen LogP contribution in [-0.4, -0.2) is 60.6 Å². The predicted molar refractivity (Wildman–Crippen MR) is 129 cm³/mol. The first-order valence-corrected chi connectivity index (χ1v) is 11.7. The number of benzene rings is 1. The normalized spacial score (nSPS) is 11.9. The zero-order valence-electron chi connectivity index (χ0n) is 21.4. The van der Waals surface area contributed by atoms with E-state index in [1.807, 2.05) is 39.0 Å². The van der Waals surface area contributed by atoms with Crippen LogP contribution in [0.25, 0.3) is 0 Å². The van der Waals surface area contributed by atoms with Crippen molar-refractivity contribution in [1.82, 2.24) is 15.5 Å². The molecule has 0 aliphatic carbocycles. The summed E-state index contributed by atoms with van der Waals surface area (Å²) in [5, 5.41) is 5.24. The van der Waals surface area contributed by atoms with Gasteiger partial charge in [0.15, 0.2) is 0 Å². The van der Waals surface area contributed by atoms with Gasteiger partial charge in [-0.25, -0.2) is 4.79 Å². The van der Waals surface area contributed by atoms with Crippen LogP contribution in [0.1, 0.15) is 70.2 Å². The maximum atomic E-state index is 13.3. The van der Waals surface area contributed by atoms with Gasteiger partial charge < -0.3 is 25.0 Å². The Balaban J connectivity index is 3.15. The summed E-state index contributed by atoms with van der Waals surface area (Å²) in [7, 11) is 0. The Bertz CT molecular complexity index is 863. The van der Waals surface area contributed by atoms with Gasteiger partial charge in [0.1, 0.15) is 18.2 Å². The van der Waals surface area contributed by atoms with Crippen LogP contribution in [-0.2, 0) is 23.9 Å². The highest BCUT2D eigenvalue weighted by molar-refractivity contribution is 5.91. The summed E-state index contributed by atoms with van der Waals surface area (Å²) in [5.74, 6) is -1.23. The number of aryl methyl sites for hydroxylation is 2. The SMILES string of the molecule is CCCN(C(=O)CNC(=O)OC(C)(C)C)C(C(=O)NCCC(=O)OCC)c1cc(C)ccc1C. The molecule has 0 fully saturated rings. The second-order valence-corrected chi connectivity index (χ2v) is 9.05. The zero-order valence-corrected chi connectivity index (χ0v) is 21.4. The summed E-state index contributed by atoms with van der Waals surface area (Å²) in [5.41, 5.74) is 1.79. The molecule has 0 aliphatic heterocycles. The third-order valence-electron chi connectivity index (χ3n) is 4.79. The minimum absolute atomic E-state index is 0.0288. The van der Waals surface area contributed by atoms with Crippen molar-refractivity contribution in [2.45, 2.75) is 73.0 Å². The molecule has 1 aromatic carbocycles. The lowest BCUT2D eigenvalue weighted by atomic mass is 9.96. The lowest BCUT2D eigenvalue weighted by Crippen LogP contribution is -2.48. The van der Waals surface area contributed by atoms with E-state index in [4.69, 9.17) is 9.47 Å².